The van der Waals surface area contributed by atoms with Crippen LogP contribution in [0.2, 0.25) is 5.02 Å². The Morgan fingerprint density at radius 2 is 1.68 bits per heavy atom. The van der Waals surface area contributed by atoms with Gasteiger partial charge in [-0.3, -0.25) is 0 Å². The van der Waals surface area contributed by atoms with Gasteiger partial charge < -0.3 is 9.80 Å². The van der Waals surface area contributed by atoms with E-state index in [1.807, 2.05) is 13.8 Å². The van der Waals surface area contributed by atoms with E-state index in [1.165, 1.54) is 17.0 Å². The average Bonchev–Trinajstić information content (AvgIpc) is 2.40. The summed E-state index contributed by atoms with van der Waals surface area (Å²) in [5, 5.41) is 0.530. The Balaban J connectivity index is 2.02. The van der Waals surface area contributed by atoms with Crippen molar-refractivity contribution in [1.82, 2.24) is 4.72 Å². The molecule has 0 aliphatic carbocycles. The Morgan fingerprint density at radius 3 is 2.23 bits per heavy atom. The third-order valence-corrected chi connectivity index (χ3v) is 6.00. The van der Waals surface area contributed by atoms with E-state index < -0.39 is 15.6 Å². The van der Waals surface area contributed by atoms with Gasteiger partial charge in [-0.25, -0.2) is 8.42 Å². The number of nitrogens with one attached hydrogen (secondary N) is 3. The van der Waals surface area contributed by atoms with Crippen molar-refractivity contribution in [3.8, 4) is 0 Å². The van der Waals surface area contributed by atoms with E-state index in [4.69, 9.17) is 11.6 Å². The molecular weight excluding hydrogens is 322 g/mol. The van der Waals surface area contributed by atoms with Crippen LogP contribution in [0.5, 0.6) is 0 Å². The van der Waals surface area contributed by atoms with Gasteiger partial charge in [-0.05, 0) is 38.1 Å². The third-order valence-electron chi connectivity index (χ3n) is 4.04. The molecule has 0 spiro atoms. The Hall–Kier alpha value is -0.660. The second-order valence-corrected chi connectivity index (χ2v) is 8.95. The molecule has 3 N–H and O–H groups in total. The van der Waals surface area contributed by atoms with Crippen LogP contribution in [0.3, 0.4) is 0 Å². The highest BCUT2D eigenvalue weighted by Gasteiger charge is 2.32. The first kappa shape index (κ1) is 17.7. The van der Waals surface area contributed by atoms with Crippen molar-refractivity contribution in [2.45, 2.75) is 24.3 Å². The average molecular weight is 348 g/mol. The molecule has 1 saturated heterocycles. The summed E-state index contributed by atoms with van der Waals surface area (Å²) in [5.74, 6) is 0. The molecule has 1 aliphatic rings. The lowest BCUT2D eigenvalue weighted by Gasteiger charge is -2.33. The summed E-state index contributed by atoms with van der Waals surface area (Å²) in [6, 6.07) is 6.26. The molecule has 1 aromatic rings. The number of sulfonamides is 1. The molecule has 0 unspecified atom stereocenters. The predicted octanol–water partition coefficient (Wildman–Crippen LogP) is -1.19. The zero-order valence-corrected chi connectivity index (χ0v) is 15.0. The number of hydrogen-bond donors (Lipinski definition) is 3. The quantitative estimate of drug-likeness (QED) is 0.627. The van der Waals surface area contributed by atoms with Crippen LogP contribution in [-0.2, 0) is 10.0 Å². The van der Waals surface area contributed by atoms with Gasteiger partial charge in [0.25, 0.3) is 0 Å². The van der Waals surface area contributed by atoms with Gasteiger partial charge in [-0.2, -0.15) is 4.72 Å². The minimum atomic E-state index is -3.52. The van der Waals surface area contributed by atoms with Crippen LogP contribution in [0.25, 0.3) is 0 Å². The van der Waals surface area contributed by atoms with Gasteiger partial charge in [0.05, 0.1) is 24.0 Å². The summed E-state index contributed by atoms with van der Waals surface area (Å²) in [6.45, 7) is 9.10. The number of benzene rings is 1. The van der Waals surface area contributed by atoms with E-state index in [2.05, 4.69) is 11.8 Å². The van der Waals surface area contributed by atoms with Crippen LogP contribution in [0.4, 0.5) is 0 Å². The number of piperazine rings is 1. The fraction of sp³-hybridized carbons (Fsp3) is 0.600. The van der Waals surface area contributed by atoms with E-state index in [1.54, 1.807) is 17.0 Å². The second-order valence-electron chi connectivity index (χ2n) is 6.83. The maximum atomic E-state index is 12.5. The van der Waals surface area contributed by atoms with Gasteiger partial charge in [0, 0.05) is 5.02 Å². The number of rotatable bonds is 5. The highest BCUT2D eigenvalue weighted by Crippen LogP contribution is 2.15. The third kappa shape index (κ3) is 4.93. The molecule has 0 saturated carbocycles. The second kappa shape index (κ2) is 6.84. The van der Waals surface area contributed by atoms with Crippen molar-refractivity contribution >= 4 is 21.6 Å². The van der Waals surface area contributed by atoms with Crippen molar-refractivity contribution in [1.29, 1.82) is 0 Å². The first-order valence-corrected chi connectivity index (χ1v) is 9.48. The number of likely N-dealkylation sites (N-methyl/N-ethyl adjacent to an activating group) is 1. The van der Waals surface area contributed by atoms with E-state index in [0.29, 0.717) is 5.02 Å². The molecule has 1 aliphatic heterocycles. The lowest BCUT2D eigenvalue weighted by atomic mass is 10.1. The minimum absolute atomic E-state index is 0.253. The lowest BCUT2D eigenvalue weighted by molar-refractivity contribution is -1.00. The van der Waals surface area contributed by atoms with Crippen LogP contribution in [0.1, 0.15) is 13.8 Å². The number of hydrogen-bond acceptors (Lipinski definition) is 2. The van der Waals surface area contributed by atoms with Crippen molar-refractivity contribution in [3.05, 3.63) is 29.3 Å². The topological polar surface area (TPSA) is 55.1 Å². The van der Waals surface area contributed by atoms with Gasteiger partial charge in [-0.15, -0.1) is 0 Å². The molecule has 1 aromatic carbocycles. The van der Waals surface area contributed by atoms with Crippen LogP contribution in [-0.4, -0.2) is 53.7 Å². The number of halogens is 1. The Bertz CT molecular complexity index is 594. The molecule has 5 nitrogen and oxygen atoms in total. The highest BCUT2D eigenvalue weighted by molar-refractivity contribution is 7.89. The van der Waals surface area contributed by atoms with E-state index in [0.717, 1.165) is 32.7 Å². The van der Waals surface area contributed by atoms with E-state index in [-0.39, 0.29) is 4.90 Å². The fourth-order valence-electron chi connectivity index (χ4n) is 2.90. The Morgan fingerprint density at radius 1 is 1.14 bits per heavy atom. The summed E-state index contributed by atoms with van der Waals surface area (Å²) in [6.07, 6.45) is 0. The zero-order chi connectivity index (χ0) is 16.4. The fourth-order valence-corrected chi connectivity index (χ4v) is 4.44. The van der Waals surface area contributed by atoms with Crippen molar-refractivity contribution in [3.63, 3.8) is 0 Å². The molecule has 1 fully saturated rings. The lowest BCUT2D eigenvalue weighted by Crippen LogP contribution is -3.27. The summed E-state index contributed by atoms with van der Waals surface area (Å²) >= 11 is 5.81. The molecule has 0 bridgehead atoms. The van der Waals surface area contributed by atoms with Crippen molar-refractivity contribution < 1.29 is 18.2 Å². The molecule has 124 valence electrons. The Labute approximate surface area is 138 Å². The van der Waals surface area contributed by atoms with Crippen LogP contribution in [0.15, 0.2) is 29.2 Å². The molecular formula is C15H26ClN3O2S+2. The first-order valence-electron chi connectivity index (χ1n) is 7.62. The molecule has 0 radical (unpaired) electrons. The van der Waals surface area contributed by atoms with Crippen molar-refractivity contribution in [2.24, 2.45) is 0 Å². The monoisotopic (exact) mass is 347 g/mol. The smallest absolute Gasteiger partial charge is 0.241 e. The molecule has 0 amide bonds. The van der Waals surface area contributed by atoms with Gasteiger partial charge in [0.15, 0.2) is 0 Å². The first-order chi connectivity index (χ1) is 10.2. The van der Waals surface area contributed by atoms with Gasteiger partial charge >= 0.3 is 0 Å². The van der Waals surface area contributed by atoms with Crippen LogP contribution in [0, 0.1) is 0 Å². The van der Waals surface area contributed by atoms with Gasteiger partial charge in [0.1, 0.15) is 26.2 Å². The highest BCUT2D eigenvalue weighted by atomic mass is 35.5. The largest absolute Gasteiger partial charge is 0.328 e. The summed E-state index contributed by atoms with van der Waals surface area (Å²) in [7, 11) is -1.32. The maximum absolute atomic E-state index is 12.5. The maximum Gasteiger partial charge on any atom is 0.241 e. The van der Waals surface area contributed by atoms with E-state index >= 15 is 0 Å². The standard InChI is InChI=1S/C15H24ClN3O2S/c1-15(2,12-19-10-8-18(3)9-11-19)17-22(20,21)14-6-4-13(16)5-7-14/h4-7,17H,8-12H2,1-3H3/p+2. The summed E-state index contributed by atoms with van der Waals surface area (Å²) in [4.78, 5) is 3.25. The molecule has 1 heterocycles. The van der Waals surface area contributed by atoms with Crippen LogP contribution >= 0.6 is 11.6 Å². The van der Waals surface area contributed by atoms with Gasteiger partial charge in [0.2, 0.25) is 10.0 Å². The zero-order valence-electron chi connectivity index (χ0n) is 13.4. The summed E-state index contributed by atoms with van der Waals surface area (Å²) in [5.41, 5.74) is -0.487. The molecule has 0 atom stereocenters. The minimum Gasteiger partial charge on any atom is -0.328 e. The predicted molar refractivity (Wildman–Crippen MR) is 88.0 cm³/mol. The van der Waals surface area contributed by atoms with E-state index in [9.17, 15) is 8.42 Å². The molecule has 0 aromatic heterocycles. The molecule has 7 heteroatoms. The Kier molecular flexibility index (Phi) is 5.50. The number of quaternary nitrogens is 2. The van der Waals surface area contributed by atoms with Gasteiger partial charge in [-0.1, -0.05) is 11.6 Å². The normalized spacial score (nSPS) is 23.5. The molecule has 2 rings (SSSR count). The SMILES string of the molecule is C[NH+]1CC[NH+](CC(C)(C)NS(=O)(=O)c2ccc(Cl)cc2)CC1. The van der Waals surface area contributed by atoms with Crippen LogP contribution < -0.4 is 14.5 Å². The summed E-state index contributed by atoms with van der Waals surface area (Å²) < 4.78 is 27.8. The van der Waals surface area contributed by atoms with Crippen molar-refractivity contribution in [2.75, 3.05) is 39.8 Å². The molecule has 22 heavy (non-hydrogen) atoms.